The number of esters is 1. The van der Waals surface area contributed by atoms with Crippen molar-refractivity contribution in [3.63, 3.8) is 0 Å². The molecule has 9 heteroatoms. The number of hydrogen-bond acceptors (Lipinski definition) is 6. The molecule has 0 spiro atoms. The normalized spacial score (nSPS) is 13.9. The van der Waals surface area contributed by atoms with E-state index in [1.165, 1.54) is 12.3 Å². The summed E-state index contributed by atoms with van der Waals surface area (Å²) in [4.78, 5) is 48.9. The molecule has 1 heterocycles. The summed E-state index contributed by atoms with van der Waals surface area (Å²) >= 11 is 0. The van der Waals surface area contributed by atoms with Crippen LogP contribution in [0.25, 0.3) is 0 Å². The van der Waals surface area contributed by atoms with Gasteiger partial charge in [0, 0.05) is 17.3 Å². The van der Waals surface area contributed by atoms with E-state index in [0.717, 1.165) is 12.8 Å². The zero-order valence-electron chi connectivity index (χ0n) is 17.3. The largest absolute Gasteiger partial charge is 0.459 e. The molecule has 0 saturated heterocycles. The Kier molecular flexibility index (Phi) is 7.07. The summed E-state index contributed by atoms with van der Waals surface area (Å²) in [7, 11) is 0. The number of hydrogen-bond donors (Lipinski definition) is 3. The summed E-state index contributed by atoms with van der Waals surface area (Å²) in [5.41, 5.74) is 0.846. The molecule has 1 fully saturated rings. The first kappa shape index (κ1) is 22.1. The Balaban J connectivity index is 1.51. The van der Waals surface area contributed by atoms with E-state index in [9.17, 15) is 19.2 Å². The van der Waals surface area contributed by atoms with Gasteiger partial charge < -0.3 is 25.1 Å². The van der Waals surface area contributed by atoms with Crippen molar-refractivity contribution in [2.24, 2.45) is 5.92 Å². The molecule has 3 rings (SSSR count). The lowest BCUT2D eigenvalue weighted by atomic mass is 10.0. The predicted molar refractivity (Wildman–Crippen MR) is 111 cm³/mol. The van der Waals surface area contributed by atoms with Crippen LogP contribution in [0.15, 0.2) is 47.1 Å². The maximum atomic E-state index is 12.4. The summed E-state index contributed by atoms with van der Waals surface area (Å²) in [6.45, 7) is 2.95. The minimum Gasteiger partial charge on any atom is -0.459 e. The Labute approximate surface area is 179 Å². The summed E-state index contributed by atoms with van der Waals surface area (Å²) < 4.78 is 10.1. The number of furan rings is 1. The number of carbonyl (C=O) groups is 4. The number of ether oxygens (including phenoxy) is 1. The Morgan fingerprint density at radius 3 is 2.52 bits per heavy atom. The number of benzene rings is 1. The SMILES string of the molecule is CC(C)[C@@H](NC(=O)c1ccco1)C(=O)OCC(=O)Nc1cccc(C(=O)NC2CC2)c1. The highest BCUT2D eigenvalue weighted by atomic mass is 16.5. The average molecular weight is 427 g/mol. The molecule has 31 heavy (non-hydrogen) atoms. The van der Waals surface area contributed by atoms with Crippen molar-refractivity contribution in [2.45, 2.75) is 38.8 Å². The first-order chi connectivity index (χ1) is 14.8. The lowest BCUT2D eigenvalue weighted by Crippen LogP contribution is -2.45. The molecule has 164 valence electrons. The van der Waals surface area contributed by atoms with Crippen LogP contribution in [-0.4, -0.2) is 42.4 Å². The van der Waals surface area contributed by atoms with Crippen molar-refractivity contribution in [1.29, 1.82) is 0 Å². The fourth-order valence-electron chi connectivity index (χ4n) is 2.78. The highest BCUT2D eigenvalue weighted by Crippen LogP contribution is 2.20. The van der Waals surface area contributed by atoms with E-state index in [2.05, 4.69) is 16.0 Å². The van der Waals surface area contributed by atoms with E-state index in [1.807, 2.05) is 0 Å². The molecule has 0 aliphatic heterocycles. The molecule has 3 N–H and O–H groups in total. The summed E-state index contributed by atoms with van der Waals surface area (Å²) in [6.07, 6.45) is 3.31. The van der Waals surface area contributed by atoms with E-state index >= 15 is 0 Å². The van der Waals surface area contributed by atoms with Crippen LogP contribution in [0, 0.1) is 5.92 Å². The van der Waals surface area contributed by atoms with Gasteiger partial charge >= 0.3 is 5.97 Å². The Hall–Kier alpha value is -3.62. The lowest BCUT2D eigenvalue weighted by Gasteiger charge is -2.20. The van der Waals surface area contributed by atoms with E-state index < -0.39 is 30.4 Å². The van der Waals surface area contributed by atoms with Gasteiger partial charge in [-0.15, -0.1) is 0 Å². The van der Waals surface area contributed by atoms with Crippen LogP contribution in [0.4, 0.5) is 5.69 Å². The van der Waals surface area contributed by atoms with Gasteiger partial charge in [-0.3, -0.25) is 14.4 Å². The van der Waals surface area contributed by atoms with Crippen molar-refractivity contribution in [3.8, 4) is 0 Å². The van der Waals surface area contributed by atoms with Crippen LogP contribution in [0.3, 0.4) is 0 Å². The van der Waals surface area contributed by atoms with Gasteiger partial charge in [-0.1, -0.05) is 19.9 Å². The van der Waals surface area contributed by atoms with E-state index in [-0.39, 0.29) is 23.6 Å². The zero-order chi connectivity index (χ0) is 22.4. The summed E-state index contributed by atoms with van der Waals surface area (Å²) in [6, 6.07) is 8.82. The van der Waals surface area contributed by atoms with Gasteiger partial charge in [-0.05, 0) is 49.1 Å². The first-order valence-corrected chi connectivity index (χ1v) is 10.0. The van der Waals surface area contributed by atoms with Gasteiger partial charge in [0.2, 0.25) is 0 Å². The van der Waals surface area contributed by atoms with Crippen molar-refractivity contribution >= 4 is 29.4 Å². The first-order valence-electron chi connectivity index (χ1n) is 10.0. The standard InChI is InChI=1S/C22H25N3O6/c1-13(2)19(25-21(28)17-7-4-10-30-17)22(29)31-12-18(26)23-16-6-3-5-14(11-16)20(27)24-15-8-9-15/h3-7,10-11,13,15,19H,8-9,12H2,1-2H3,(H,23,26)(H,24,27)(H,25,28)/t19-/m1/s1. The molecule has 1 aliphatic rings. The third kappa shape index (κ3) is 6.43. The van der Waals surface area contributed by atoms with Crippen LogP contribution in [0.5, 0.6) is 0 Å². The molecule has 2 aromatic rings. The molecule has 1 aromatic heterocycles. The van der Waals surface area contributed by atoms with Crippen molar-refractivity contribution in [2.75, 3.05) is 11.9 Å². The summed E-state index contributed by atoms with van der Waals surface area (Å²) in [5, 5.41) is 8.02. The number of rotatable bonds is 9. The molecular weight excluding hydrogens is 402 g/mol. The quantitative estimate of drug-likeness (QED) is 0.526. The molecule has 0 bridgehead atoms. The van der Waals surface area contributed by atoms with Crippen LogP contribution in [0.2, 0.25) is 0 Å². The van der Waals surface area contributed by atoms with E-state index in [1.54, 1.807) is 44.2 Å². The number of nitrogens with one attached hydrogen (secondary N) is 3. The maximum absolute atomic E-state index is 12.4. The van der Waals surface area contributed by atoms with Gasteiger partial charge in [-0.25, -0.2) is 4.79 Å². The third-order valence-corrected chi connectivity index (χ3v) is 4.62. The maximum Gasteiger partial charge on any atom is 0.329 e. The molecule has 1 aliphatic carbocycles. The molecule has 0 radical (unpaired) electrons. The fourth-order valence-corrected chi connectivity index (χ4v) is 2.78. The van der Waals surface area contributed by atoms with Gasteiger partial charge in [0.1, 0.15) is 6.04 Å². The molecule has 1 atom stereocenters. The van der Waals surface area contributed by atoms with Gasteiger partial charge in [-0.2, -0.15) is 0 Å². The van der Waals surface area contributed by atoms with Crippen molar-refractivity contribution in [1.82, 2.24) is 10.6 Å². The number of carbonyl (C=O) groups excluding carboxylic acids is 4. The van der Waals surface area contributed by atoms with Gasteiger partial charge in [0.05, 0.1) is 6.26 Å². The Morgan fingerprint density at radius 1 is 1.10 bits per heavy atom. The van der Waals surface area contributed by atoms with Crippen LogP contribution < -0.4 is 16.0 Å². The predicted octanol–water partition coefficient (Wildman–Crippen LogP) is 2.11. The lowest BCUT2D eigenvalue weighted by molar-refractivity contribution is -0.150. The average Bonchev–Trinajstić information content (AvgIpc) is 3.37. The fraction of sp³-hybridized carbons (Fsp3) is 0.364. The highest BCUT2D eigenvalue weighted by molar-refractivity contribution is 5.98. The smallest absolute Gasteiger partial charge is 0.329 e. The third-order valence-electron chi connectivity index (χ3n) is 4.62. The molecule has 1 aromatic carbocycles. The van der Waals surface area contributed by atoms with Crippen molar-refractivity contribution in [3.05, 3.63) is 54.0 Å². The second kappa shape index (κ2) is 9.92. The van der Waals surface area contributed by atoms with Crippen LogP contribution in [0.1, 0.15) is 47.6 Å². The monoisotopic (exact) mass is 427 g/mol. The minimum absolute atomic E-state index is 0.0711. The highest BCUT2D eigenvalue weighted by Gasteiger charge is 2.27. The second-order valence-corrected chi connectivity index (χ2v) is 7.66. The summed E-state index contributed by atoms with van der Waals surface area (Å²) in [5.74, 6) is -2.24. The molecule has 3 amide bonds. The molecule has 9 nitrogen and oxygen atoms in total. The number of anilines is 1. The van der Waals surface area contributed by atoms with Crippen LogP contribution in [-0.2, 0) is 14.3 Å². The van der Waals surface area contributed by atoms with Crippen LogP contribution >= 0.6 is 0 Å². The number of amides is 3. The molecular formula is C22H25N3O6. The minimum atomic E-state index is -0.945. The second-order valence-electron chi connectivity index (χ2n) is 7.66. The van der Waals surface area contributed by atoms with Crippen molar-refractivity contribution < 1.29 is 28.3 Å². The molecule has 1 saturated carbocycles. The zero-order valence-corrected chi connectivity index (χ0v) is 17.3. The van der Waals surface area contributed by atoms with Gasteiger partial charge in [0.15, 0.2) is 12.4 Å². The Bertz CT molecular complexity index is 950. The molecule has 0 unspecified atom stereocenters. The Morgan fingerprint density at radius 2 is 1.87 bits per heavy atom. The van der Waals surface area contributed by atoms with E-state index in [4.69, 9.17) is 9.15 Å². The van der Waals surface area contributed by atoms with Gasteiger partial charge in [0.25, 0.3) is 17.7 Å². The van der Waals surface area contributed by atoms with E-state index in [0.29, 0.717) is 11.3 Å². The topological polar surface area (TPSA) is 127 Å².